The lowest BCUT2D eigenvalue weighted by molar-refractivity contribution is -0.117. The normalized spacial score (nSPS) is 14.6. The molecule has 170 valence electrons. The van der Waals surface area contributed by atoms with Crippen LogP contribution in [0.15, 0.2) is 42.5 Å². The largest absolute Gasteiger partial charge is 0.465 e. The molecule has 1 N–H and O–H groups in total. The summed E-state index contributed by atoms with van der Waals surface area (Å²) in [7, 11) is 2.50. The fourth-order valence-corrected chi connectivity index (χ4v) is 3.65. The number of benzene rings is 2. The van der Waals surface area contributed by atoms with Crippen LogP contribution in [0.1, 0.15) is 26.3 Å². The average molecular weight is 460 g/mol. The first kappa shape index (κ1) is 23.7. The number of methoxy groups -OCH3 is 2. The van der Waals surface area contributed by atoms with E-state index in [2.05, 4.69) is 15.1 Å². The molecule has 0 aromatic heterocycles. The number of rotatable bonds is 7. The molecule has 2 aromatic carbocycles. The third-order valence-electron chi connectivity index (χ3n) is 5.21. The van der Waals surface area contributed by atoms with Crippen molar-refractivity contribution in [3.05, 3.63) is 64.2 Å². The van der Waals surface area contributed by atoms with Crippen LogP contribution >= 0.6 is 11.6 Å². The van der Waals surface area contributed by atoms with E-state index in [0.29, 0.717) is 5.69 Å². The highest BCUT2D eigenvalue weighted by atomic mass is 35.5. The Kier molecular flexibility index (Phi) is 8.21. The van der Waals surface area contributed by atoms with Crippen LogP contribution in [-0.2, 0) is 20.8 Å². The topological polar surface area (TPSA) is 88.2 Å². The zero-order chi connectivity index (χ0) is 23.1. The molecule has 1 saturated heterocycles. The quantitative estimate of drug-likeness (QED) is 0.637. The summed E-state index contributed by atoms with van der Waals surface area (Å²) in [5.41, 5.74) is 1.84. The molecule has 32 heavy (non-hydrogen) atoms. The van der Waals surface area contributed by atoms with Crippen LogP contribution < -0.4 is 5.32 Å². The second-order valence-corrected chi connectivity index (χ2v) is 7.95. The number of nitrogens with one attached hydrogen (secondary N) is 1. The lowest BCUT2D eigenvalue weighted by Gasteiger charge is -2.34. The van der Waals surface area contributed by atoms with Gasteiger partial charge in [0.1, 0.15) is 0 Å². The van der Waals surface area contributed by atoms with Crippen LogP contribution in [0.25, 0.3) is 0 Å². The Morgan fingerprint density at radius 1 is 0.875 bits per heavy atom. The number of carbonyl (C=O) groups is 3. The van der Waals surface area contributed by atoms with Crippen LogP contribution in [0.5, 0.6) is 0 Å². The van der Waals surface area contributed by atoms with Gasteiger partial charge in [-0.05, 0) is 35.9 Å². The maximum atomic E-state index is 12.6. The summed E-state index contributed by atoms with van der Waals surface area (Å²) >= 11 is 5.94. The number of piperazine rings is 1. The highest BCUT2D eigenvalue weighted by Crippen LogP contribution is 2.18. The van der Waals surface area contributed by atoms with Gasteiger partial charge in [-0.25, -0.2) is 9.59 Å². The molecular formula is C23H26ClN3O5. The number of halogens is 1. The van der Waals surface area contributed by atoms with Crippen molar-refractivity contribution in [2.75, 3.05) is 52.3 Å². The van der Waals surface area contributed by atoms with Crippen molar-refractivity contribution in [3.63, 3.8) is 0 Å². The maximum absolute atomic E-state index is 12.6. The van der Waals surface area contributed by atoms with Crippen molar-refractivity contribution in [2.24, 2.45) is 0 Å². The molecule has 1 amide bonds. The number of esters is 2. The first-order valence-corrected chi connectivity index (χ1v) is 10.6. The van der Waals surface area contributed by atoms with E-state index < -0.39 is 11.9 Å². The van der Waals surface area contributed by atoms with Gasteiger partial charge < -0.3 is 14.8 Å². The summed E-state index contributed by atoms with van der Waals surface area (Å²) in [5, 5.41) is 3.48. The highest BCUT2D eigenvalue weighted by Gasteiger charge is 2.20. The molecule has 1 heterocycles. The number of carbonyl (C=O) groups excluding carboxylic acids is 3. The molecule has 1 fully saturated rings. The summed E-state index contributed by atoms with van der Waals surface area (Å²) < 4.78 is 9.44. The van der Waals surface area contributed by atoms with Crippen molar-refractivity contribution < 1.29 is 23.9 Å². The number of ether oxygens (including phenoxy) is 2. The molecule has 3 rings (SSSR count). The van der Waals surface area contributed by atoms with Gasteiger partial charge in [0.25, 0.3) is 0 Å². The molecule has 0 bridgehead atoms. The minimum absolute atomic E-state index is 0.154. The predicted molar refractivity (Wildman–Crippen MR) is 121 cm³/mol. The van der Waals surface area contributed by atoms with Gasteiger partial charge >= 0.3 is 11.9 Å². The molecule has 9 heteroatoms. The van der Waals surface area contributed by atoms with E-state index in [-0.39, 0.29) is 23.6 Å². The summed E-state index contributed by atoms with van der Waals surface area (Å²) in [5.74, 6) is -1.44. The molecular weight excluding hydrogens is 434 g/mol. The van der Waals surface area contributed by atoms with Crippen molar-refractivity contribution in [3.8, 4) is 0 Å². The Hall–Kier alpha value is -2.94. The number of nitrogens with zero attached hydrogens (tertiary/aromatic N) is 2. The van der Waals surface area contributed by atoms with Crippen LogP contribution in [0.3, 0.4) is 0 Å². The Labute approximate surface area is 192 Å². The summed E-state index contributed by atoms with van der Waals surface area (Å²) in [6.07, 6.45) is 0. The Bertz CT molecular complexity index is 938. The van der Waals surface area contributed by atoms with Crippen molar-refractivity contribution in [1.29, 1.82) is 0 Å². The Morgan fingerprint density at radius 3 is 1.94 bits per heavy atom. The monoisotopic (exact) mass is 459 g/mol. The number of amides is 1. The van der Waals surface area contributed by atoms with E-state index in [4.69, 9.17) is 21.1 Å². The van der Waals surface area contributed by atoms with Crippen LogP contribution in [-0.4, -0.2) is 74.6 Å². The zero-order valence-electron chi connectivity index (χ0n) is 18.1. The SMILES string of the molecule is COC(=O)c1cc(NC(=O)CN2CCN(Cc3ccc(Cl)cc3)CC2)cc(C(=O)OC)c1. The molecule has 1 aliphatic heterocycles. The molecule has 1 aliphatic rings. The van der Waals surface area contributed by atoms with Gasteiger partial charge in [0.2, 0.25) is 5.91 Å². The third-order valence-corrected chi connectivity index (χ3v) is 5.46. The summed E-state index contributed by atoms with van der Waals surface area (Å²) in [6, 6.07) is 12.1. The third kappa shape index (κ3) is 6.53. The highest BCUT2D eigenvalue weighted by molar-refractivity contribution is 6.30. The molecule has 0 spiro atoms. The molecule has 0 unspecified atom stereocenters. The number of anilines is 1. The summed E-state index contributed by atoms with van der Waals surface area (Å²) in [4.78, 5) is 40.8. The van der Waals surface area contributed by atoms with Crippen molar-refractivity contribution in [1.82, 2.24) is 9.80 Å². The number of hydrogen-bond acceptors (Lipinski definition) is 7. The molecule has 0 saturated carbocycles. The average Bonchev–Trinajstić information content (AvgIpc) is 2.80. The Balaban J connectivity index is 1.55. The standard InChI is InChI=1S/C23H26ClN3O5/c1-31-22(29)17-11-18(23(30)32-2)13-20(12-17)25-21(28)15-27-9-7-26(8-10-27)14-16-3-5-19(24)6-4-16/h3-6,11-13H,7-10,14-15H2,1-2H3,(H,25,28). The maximum Gasteiger partial charge on any atom is 0.337 e. The van der Waals surface area contributed by atoms with Crippen LogP contribution in [0.2, 0.25) is 5.02 Å². The summed E-state index contributed by atoms with van der Waals surface area (Å²) in [6.45, 7) is 4.27. The van der Waals surface area contributed by atoms with Gasteiger partial charge in [-0.2, -0.15) is 0 Å². The predicted octanol–water partition coefficient (Wildman–Crippen LogP) is 2.67. The molecule has 0 aliphatic carbocycles. The van der Waals surface area contributed by atoms with Gasteiger partial charge in [-0.15, -0.1) is 0 Å². The van der Waals surface area contributed by atoms with E-state index >= 15 is 0 Å². The van der Waals surface area contributed by atoms with Crippen molar-refractivity contribution in [2.45, 2.75) is 6.54 Å². The smallest absolute Gasteiger partial charge is 0.337 e. The second-order valence-electron chi connectivity index (χ2n) is 7.51. The minimum Gasteiger partial charge on any atom is -0.465 e. The number of hydrogen-bond donors (Lipinski definition) is 1. The lowest BCUT2D eigenvalue weighted by Crippen LogP contribution is -2.48. The molecule has 0 atom stereocenters. The van der Waals surface area contributed by atoms with E-state index in [1.807, 2.05) is 24.3 Å². The second kappa shape index (κ2) is 11.1. The van der Waals surface area contributed by atoms with Crippen molar-refractivity contribution >= 4 is 35.1 Å². The van der Waals surface area contributed by atoms with E-state index in [1.54, 1.807) is 0 Å². The van der Waals surface area contributed by atoms with Gasteiger partial charge in [0.05, 0.1) is 31.9 Å². The van der Waals surface area contributed by atoms with Crippen LogP contribution in [0, 0.1) is 0 Å². The first-order valence-electron chi connectivity index (χ1n) is 10.2. The first-order chi connectivity index (χ1) is 15.4. The zero-order valence-corrected chi connectivity index (χ0v) is 18.9. The van der Waals surface area contributed by atoms with E-state index in [0.717, 1.165) is 37.7 Å². The Morgan fingerprint density at radius 2 is 1.41 bits per heavy atom. The van der Waals surface area contributed by atoms with Gasteiger partial charge in [0.15, 0.2) is 0 Å². The van der Waals surface area contributed by atoms with Gasteiger partial charge in [-0.1, -0.05) is 23.7 Å². The fourth-order valence-electron chi connectivity index (χ4n) is 3.53. The molecule has 2 aromatic rings. The molecule has 0 radical (unpaired) electrons. The molecule has 8 nitrogen and oxygen atoms in total. The lowest BCUT2D eigenvalue weighted by atomic mass is 10.1. The van der Waals surface area contributed by atoms with Crippen LogP contribution in [0.4, 0.5) is 5.69 Å². The van der Waals surface area contributed by atoms with Gasteiger partial charge in [-0.3, -0.25) is 14.6 Å². The van der Waals surface area contributed by atoms with Gasteiger partial charge in [0, 0.05) is 43.4 Å². The fraction of sp³-hybridized carbons (Fsp3) is 0.348. The minimum atomic E-state index is -0.608. The van der Waals surface area contributed by atoms with E-state index in [1.165, 1.54) is 38.0 Å². The van der Waals surface area contributed by atoms with E-state index in [9.17, 15) is 14.4 Å².